The number of hydrogen-bond acceptors (Lipinski definition) is 2. The van der Waals surface area contributed by atoms with Crippen LogP contribution in [-0.4, -0.2) is 7.05 Å². The molecule has 0 radical (unpaired) electrons. The Bertz CT molecular complexity index is 606. The van der Waals surface area contributed by atoms with Gasteiger partial charge in [0.05, 0.1) is 5.02 Å². The van der Waals surface area contributed by atoms with Crippen LogP contribution in [0.1, 0.15) is 11.1 Å². The smallest absolute Gasteiger partial charge is 0.139 e. The van der Waals surface area contributed by atoms with E-state index in [1.165, 1.54) is 6.07 Å². The van der Waals surface area contributed by atoms with Crippen LogP contribution in [0, 0.1) is 5.82 Å². The van der Waals surface area contributed by atoms with E-state index >= 15 is 0 Å². The Morgan fingerprint density at radius 3 is 2.80 bits per heavy atom. The number of hydrogen-bond donors (Lipinski definition) is 1. The van der Waals surface area contributed by atoms with Crippen LogP contribution in [0.3, 0.4) is 0 Å². The highest BCUT2D eigenvalue weighted by molar-refractivity contribution is 9.10. The van der Waals surface area contributed by atoms with Crippen LogP contribution in [0.2, 0.25) is 5.02 Å². The molecule has 0 aromatic heterocycles. The molecule has 0 amide bonds. The van der Waals surface area contributed by atoms with E-state index in [2.05, 4.69) is 21.2 Å². The maximum atomic E-state index is 13.7. The molecular weight excluding hydrogens is 345 g/mol. The molecule has 20 heavy (non-hydrogen) atoms. The van der Waals surface area contributed by atoms with Crippen LogP contribution < -0.4 is 10.1 Å². The molecule has 0 aliphatic heterocycles. The zero-order chi connectivity index (χ0) is 14.5. The zero-order valence-electron chi connectivity index (χ0n) is 10.9. The van der Waals surface area contributed by atoms with E-state index in [0.29, 0.717) is 22.9 Å². The number of benzene rings is 2. The van der Waals surface area contributed by atoms with Crippen molar-refractivity contribution >= 4 is 27.5 Å². The van der Waals surface area contributed by atoms with E-state index in [-0.39, 0.29) is 12.4 Å². The fraction of sp³-hybridized carbons (Fsp3) is 0.200. The van der Waals surface area contributed by atoms with Gasteiger partial charge in [-0.05, 0) is 42.9 Å². The molecule has 0 fully saturated rings. The summed E-state index contributed by atoms with van der Waals surface area (Å²) < 4.78 is 20.2. The minimum absolute atomic E-state index is 0.138. The normalized spacial score (nSPS) is 10.6. The minimum Gasteiger partial charge on any atom is -0.487 e. The van der Waals surface area contributed by atoms with Crippen LogP contribution in [0.4, 0.5) is 4.39 Å². The predicted molar refractivity (Wildman–Crippen MR) is 82.6 cm³/mol. The summed E-state index contributed by atoms with van der Waals surface area (Å²) in [6.45, 7) is 0.824. The summed E-state index contributed by atoms with van der Waals surface area (Å²) in [6.07, 6.45) is 0. The van der Waals surface area contributed by atoms with Gasteiger partial charge in [0.1, 0.15) is 18.2 Å². The van der Waals surface area contributed by atoms with Crippen molar-refractivity contribution < 1.29 is 9.13 Å². The van der Waals surface area contributed by atoms with Crippen LogP contribution in [-0.2, 0) is 13.2 Å². The lowest BCUT2D eigenvalue weighted by Gasteiger charge is -2.10. The third-order valence-corrected chi connectivity index (χ3v) is 3.57. The molecule has 0 saturated heterocycles. The summed E-state index contributed by atoms with van der Waals surface area (Å²) in [5.74, 6) is 0.246. The summed E-state index contributed by atoms with van der Waals surface area (Å²) in [5, 5.41) is 3.53. The molecule has 5 heteroatoms. The molecule has 2 rings (SSSR count). The Hall–Kier alpha value is -1.10. The standard InChI is InChI=1S/C15H14BrClFNO/c1-19-8-10-2-5-14(18)11(6-10)9-20-15-7-12(16)3-4-13(15)17/h2-7,19H,8-9H2,1H3. The molecule has 2 aromatic carbocycles. The van der Waals surface area contributed by atoms with Crippen molar-refractivity contribution in [3.63, 3.8) is 0 Å². The second kappa shape index (κ2) is 7.07. The van der Waals surface area contributed by atoms with Crippen LogP contribution >= 0.6 is 27.5 Å². The highest BCUT2D eigenvalue weighted by Crippen LogP contribution is 2.28. The Kier molecular flexibility index (Phi) is 5.40. The summed E-state index contributed by atoms with van der Waals surface area (Å²) in [7, 11) is 1.85. The summed E-state index contributed by atoms with van der Waals surface area (Å²) in [6, 6.07) is 10.3. The molecule has 1 N–H and O–H groups in total. The average molecular weight is 359 g/mol. The third-order valence-electron chi connectivity index (χ3n) is 2.77. The van der Waals surface area contributed by atoms with Gasteiger partial charge in [0, 0.05) is 16.6 Å². The number of halogens is 3. The molecule has 2 nitrogen and oxygen atoms in total. The number of nitrogens with one attached hydrogen (secondary N) is 1. The molecule has 2 aromatic rings. The minimum atomic E-state index is -0.282. The molecular formula is C15H14BrClFNO. The molecule has 0 spiro atoms. The van der Waals surface area contributed by atoms with Gasteiger partial charge in [-0.15, -0.1) is 0 Å². The van der Waals surface area contributed by atoms with E-state index in [1.807, 2.05) is 13.1 Å². The maximum Gasteiger partial charge on any atom is 0.139 e. The first-order valence-electron chi connectivity index (χ1n) is 6.10. The van der Waals surface area contributed by atoms with Gasteiger partial charge >= 0.3 is 0 Å². The van der Waals surface area contributed by atoms with Crippen LogP contribution in [0.25, 0.3) is 0 Å². The van der Waals surface area contributed by atoms with Crippen molar-refractivity contribution in [2.24, 2.45) is 0 Å². The topological polar surface area (TPSA) is 21.3 Å². The van der Waals surface area contributed by atoms with Gasteiger partial charge in [0.25, 0.3) is 0 Å². The lowest BCUT2D eigenvalue weighted by atomic mass is 10.1. The second-order valence-corrected chi connectivity index (χ2v) is 5.64. The first-order chi connectivity index (χ1) is 9.60. The van der Waals surface area contributed by atoms with Crippen molar-refractivity contribution in [3.8, 4) is 5.75 Å². The van der Waals surface area contributed by atoms with Gasteiger partial charge < -0.3 is 10.1 Å². The third kappa shape index (κ3) is 3.95. The second-order valence-electron chi connectivity index (χ2n) is 4.32. The van der Waals surface area contributed by atoms with Gasteiger partial charge in [0.15, 0.2) is 0 Å². The van der Waals surface area contributed by atoms with Gasteiger partial charge in [-0.2, -0.15) is 0 Å². The van der Waals surface area contributed by atoms with E-state index < -0.39 is 0 Å². The fourth-order valence-corrected chi connectivity index (χ4v) is 2.31. The molecule has 106 valence electrons. The lowest BCUT2D eigenvalue weighted by Crippen LogP contribution is -2.07. The quantitative estimate of drug-likeness (QED) is 0.847. The largest absolute Gasteiger partial charge is 0.487 e. The summed E-state index contributed by atoms with van der Waals surface area (Å²) in [4.78, 5) is 0. The Balaban J connectivity index is 2.13. The lowest BCUT2D eigenvalue weighted by molar-refractivity contribution is 0.299. The van der Waals surface area contributed by atoms with Crippen LogP contribution in [0.15, 0.2) is 40.9 Å². The molecule has 0 unspecified atom stereocenters. The highest BCUT2D eigenvalue weighted by atomic mass is 79.9. The van der Waals surface area contributed by atoms with E-state index in [0.717, 1.165) is 10.0 Å². The monoisotopic (exact) mass is 357 g/mol. The zero-order valence-corrected chi connectivity index (χ0v) is 13.3. The van der Waals surface area contributed by atoms with Gasteiger partial charge in [-0.3, -0.25) is 0 Å². The van der Waals surface area contributed by atoms with Crippen molar-refractivity contribution in [2.75, 3.05) is 7.05 Å². The van der Waals surface area contributed by atoms with Crippen molar-refractivity contribution in [1.82, 2.24) is 5.32 Å². The first kappa shape index (κ1) is 15.3. The predicted octanol–water partition coefficient (Wildman–Crippen LogP) is 4.54. The van der Waals surface area contributed by atoms with Gasteiger partial charge in [-0.1, -0.05) is 33.6 Å². The fourth-order valence-electron chi connectivity index (χ4n) is 1.80. The maximum absolute atomic E-state index is 13.7. The van der Waals surface area contributed by atoms with E-state index in [9.17, 15) is 4.39 Å². The Morgan fingerprint density at radius 1 is 1.25 bits per heavy atom. The summed E-state index contributed by atoms with van der Waals surface area (Å²) >= 11 is 9.38. The Labute approximate surface area is 131 Å². The first-order valence-corrected chi connectivity index (χ1v) is 7.27. The summed E-state index contributed by atoms with van der Waals surface area (Å²) in [5.41, 5.74) is 1.52. The SMILES string of the molecule is CNCc1ccc(F)c(COc2cc(Br)ccc2Cl)c1. The molecule has 0 saturated carbocycles. The van der Waals surface area contributed by atoms with Crippen molar-refractivity contribution in [3.05, 3.63) is 62.8 Å². The average Bonchev–Trinajstić information content (AvgIpc) is 2.43. The molecule has 0 aliphatic carbocycles. The highest BCUT2D eigenvalue weighted by Gasteiger charge is 2.07. The van der Waals surface area contributed by atoms with Gasteiger partial charge in [-0.25, -0.2) is 4.39 Å². The van der Waals surface area contributed by atoms with Crippen molar-refractivity contribution in [1.29, 1.82) is 0 Å². The molecule has 0 heterocycles. The van der Waals surface area contributed by atoms with Gasteiger partial charge in [0.2, 0.25) is 0 Å². The molecule has 0 atom stereocenters. The molecule has 0 aliphatic rings. The Morgan fingerprint density at radius 2 is 2.05 bits per heavy atom. The number of ether oxygens (including phenoxy) is 1. The van der Waals surface area contributed by atoms with Crippen molar-refractivity contribution in [2.45, 2.75) is 13.2 Å². The van der Waals surface area contributed by atoms with E-state index in [1.54, 1.807) is 24.3 Å². The van der Waals surface area contributed by atoms with E-state index in [4.69, 9.17) is 16.3 Å². The van der Waals surface area contributed by atoms with Crippen LogP contribution in [0.5, 0.6) is 5.75 Å². The number of rotatable bonds is 5. The molecule has 0 bridgehead atoms.